The first-order valence-electron chi connectivity index (χ1n) is 9.69. The molecule has 1 aliphatic heterocycles. The molecule has 1 atom stereocenters. The number of nitrogens with zero attached hydrogens (tertiary/aromatic N) is 5. The molecule has 0 radical (unpaired) electrons. The van der Waals surface area contributed by atoms with Gasteiger partial charge in [-0.1, -0.05) is 12.8 Å². The van der Waals surface area contributed by atoms with Crippen molar-refractivity contribution in [2.45, 2.75) is 44.9 Å². The Morgan fingerprint density at radius 3 is 2.81 bits per heavy atom. The Morgan fingerprint density at radius 2 is 2.00 bits per heavy atom. The highest BCUT2D eigenvalue weighted by Gasteiger charge is 2.26. The third-order valence-electron chi connectivity index (χ3n) is 5.28. The van der Waals surface area contributed by atoms with Crippen molar-refractivity contribution in [3.63, 3.8) is 0 Å². The molecule has 8 nitrogen and oxygen atoms in total. The molecule has 8 heteroatoms. The van der Waals surface area contributed by atoms with E-state index >= 15 is 0 Å². The molecule has 1 aliphatic carbocycles. The Kier molecular flexibility index (Phi) is 5.62. The Labute approximate surface area is 158 Å². The van der Waals surface area contributed by atoms with Gasteiger partial charge in [0.2, 0.25) is 11.9 Å². The first-order valence-corrected chi connectivity index (χ1v) is 9.69. The van der Waals surface area contributed by atoms with E-state index in [4.69, 9.17) is 4.74 Å². The fourth-order valence-electron chi connectivity index (χ4n) is 3.81. The van der Waals surface area contributed by atoms with Gasteiger partial charge in [-0.05, 0) is 25.0 Å². The highest BCUT2D eigenvalue weighted by atomic mass is 16.5. The third kappa shape index (κ3) is 4.63. The molecule has 2 aliphatic rings. The Morgan fingerprint density at radius 1 is 1.19 bits per heavy atom. The van der Waals surface area contributed by atoms with E-state index in [9.17, 15) is 4.79 Å². The molecule has 0 unspecified atom stereocenters. The molecule has 0 spiro atoms. The molecule has 1 saturated carbocycles. The normalized spacial score (nSPS) is 20.3. The minimum absolute atomic E-state index is 0.0533. The van der Waals surface area contributed by atoms with Crippen molar-refractivity contribution in [1.82, 2.24) is 24.6 Å². The summed E-state index contributed by atoms with van der Waals surface area (Å²) < 4.78 is 7.83. The quantitative estimate of drug-likeness (QED) is 0.833. The van der Waals surface area contributed by atoms with Crippen molar-refractivity contribution < 1.29 is 9.53 Å². The Hall–Kier alpha value is -2.48. The predicted molar refractivity (Wildman–Crippen MR) is 99.9 cm³/mol. The van der Waals surface area contributed by atoms with E-state index in [-0.39, 0.29) is 24.5 Å². The van der Waals surface area contributed by atoms with Crippen LogP contribution in [-0.4, -0.2) is 56.4 Å². The molecular weight excluding hydrogens is 344 g/mol. The number of amides is 1. The van der Waals surface area contributed by atoms with Crippen molar-refractivity contribution in [2.75, 3.05) is 25.0 Å². The van der Waals surface area contributed by atoms with Gasteiger partial charge in [0.05, 0.1) is 18.3 Å². The minimum Gasteiger partial charge on any atom is -0.368 e. The number of anilines is 1. The Bertz CT molecular complexity index is 744. The number of carbonyl (C=O) groups is 1. The van der Waals surface area contributed by atoms with Crippen molar-refractivity contribution in [3.05, 3.63) is 36.4 Å². The molecule has 0 bridgehead atoms. The van der Waals surface area contributed by atoms with Gasteiger partial charge in [0.15, 0.2) is 0 Å². The first kappa shape index (κ1) is 17.9. The average molecular weight is 370 g/mol. The number of ether oxygens (including phenoxy) is 1. The molecular formula is C19H26N6O2. The molecule has 0 aromatic carbocycles. The lowest BCUT2D eigenvalue weighted by molar-refractivity contribution is -0.139. The fourth-order valence-corrected chi connectivity index (χ4v) is 3.81. The predicted octanol–water partition coefficient (Wildman–Crippen LogP) is 1.70. The summed E-state index contributed by atoms with van der Waals surface area (Å²) in [5.74, 6) is 0.868. The van der Waals surface area contributed by atoms with Gasteiger partial charge >= 0.3 is 0 Å². The molecule has 1 fully saturated rings. The summed E-state index contributed by atoms with van der Waals surface area (Å²) in [5.41, 5.74) is 1.06. The van der Waals surface area contributed by atoms with Crippen LogP contribution in [0, 0.1) is 5.92 Å². The van der Waals surface area contributed by atoms with Crippen LogP contribution >= 0.6 is 0 Å². The molecule has 0 saturated heterocycles. The van der Waals surface area contributed by atoms with Gasteiger partial charge in [-0.15, -0.1) is 0 Å². The van der Waals surface area contributed by atoms with Crippen LogP contribution in [0.4, 0.5) is 5.95 Å². The Balaban J connectivity index is 1.39. The second-order valence-corrected chi connectivity index (χ2v) is 7.32. The van der Waals surface area contributed by atoms with Crippen LogP contribution in [0.25, 0.3) is 0 Å². The number of nitrogens with one attached hydrogen (secondary N) is 1. The summed E-state index contributed by atoms with van der Waals surface area (Å²) in [6, 6.07) is 3.77. The summed E-state index contributed by atoms with van der Waals surface area (Å²) in [6.07, 6.45) is 10.0. The first-order chi connectivity index (χ1) is 13.3. The number of hydrogen-bond acceptors (Lipinski definition) is 6. The maximum atomic E-state index is 12.8. The van der Waals surface area contributed by atoms with Gasteiger partial charge in [0, 0.05) is 44.1 Å². The zero-order valence-corrected chi connectivity index (χ0v) is 15.5. The zero-order valence-electron chi connectivity index (χ0n) is 15.5. The van der Waals surface area contributed by atoms with E-state index in [0.717, 1.165) is 25.1 Å². The maximum absolute atomic E-state index is 12.8. The molecule has 1 amide bonds. The SMILES string of the molecule is O=C(COC1CCCC1)N1Cc2ccnn2C[C@@H](CNc2ncccn2)C1. The van der Waals surface area contributed by atoms with E-state index in [1.807, 2.05) is 15.6 Å². The van der Waals surface area contributed by atoms with E-state index in [1.165, 1.54) is 12.8 Å². The highest BCUT2D eigenvalue weighted by Crippen LogP contribution is 2.21. The minimum atomic E-state index is 0.0533. The molecule has 2 aromatic rings. The number of hydrogen-bond donors (Lipinski definition) is 1. The summed E-state index contributed by atoms with van der Waals surface area (Å²) in [5, 5.41) is 7.68. The highest BCUT2D eigenvalue weighted by molar-refractivity contribution is 5.77. The topological polar surface area (TPSA) is 85.2 Å². The average Bonchev–Trinajstić information content (AvgIpc) is 3.34. The van der Waals surface area contributed by atoms with Crippen molar-refractivity contribution in [2.24, 2.45) is 5.92 Å². The van der Waals surface area contributed by atoms with Crippen LogP contribution < -0.4 is 5.32 Å². The largest absolute Gasteiger partial charge is 0.368 e. The molecule has 4 rings (SSSR count). The van der Waals surface area contributed by atoms with Gasteiger partial charge in [-0.3, -0.25) is 9.48 Å². The van der Waals surface area contributed by atoms with Gasteiger partial charge in [-0.2, -0.15) is 5.10 Å². The smallest absolute Gasteiger partial charge is 0.248 e. The summed E-state index contributed by atoms with van der Waals surface area (Å²) in [7, 11) is 0. The maximum Gasteiger partial charge on any atom is 0.248 e. The number of carbonyl (C=O) groups excluding carboxylic acids is 1. The fraction of sp³-hybridized carbons (Fsp3) is 0.579. The van der Waals surface area contributed by atoms with Crippen molar-refractivity contribution >= 4 is 11.9 Å². The molecule has 144 valence electrons. The number of rotatable bonds is 6. The van der Waals surface area contributed by atoms with E-state index in [1.54, 1.807) is 24.7 Å². The molecule has 2 aromatic heterocycles. The molecule has 1 N–H and O–H groups in total. The van der Waals surface area contributed by atoms with Crippen molar-refractivity contribution in [1.29, 1.82) is 0 Å². The second-order valence-electron chi connectivity index (χ2n) is 7.32. The lowest BCUT2D eigenvalue weighted by Gasteiger charge is -2.25. The van der Waals surface area contributed by atoms with Crippen LogP contribution in [0.1, 0.15) is 31.4 Å². The van der Waals surface area contributed by atoms with Gasteiger partial charge in [0.1, 0.15) is 6.61 Å². The van der Waals surface area contributed by atoms with Crippen LogP contribution in [0.3, 0.4) is 0 Å². The van der Waals surface area contributed by atoms with Crippen LogP contribution in [0.5, 0.6) is 0 Å². The van der Waals surface area contributed by atoms with Crippen molar-refractivity contribution in [3.8, 4) is 0 Å². The molecule has 27 heavy (non-hydrogen) atoms. The number of fused-ring (bicyclic) bond motifs is 1. The molecule has 3 heterocycles. The van der Waals surface area contributed by atoms with Crippen LogP contribution in [0.2, 0.25) is 0 Å². The lowest BCUT2D eigenvalue weighted by Crippen LogP contribution is -2.38. The van der Waals surface area contributed by atoms with E-state index < -0.39 is 0 Å². The standard InChI is InChI=1S/C19H26N6O2/c26-18(14-27-17-4-1-2-5-17)24-11-15(10-22-19-20-7-3-8-21-19)12-25-16(13-24)6-9-23-25/h3,6-9,15,17H,1-2,4-5,10-14H2,(H,20,21,22)/t15-/m0/s1. The zero-order chi connectivity index (χ0) is 18.5. The summed E-state index contributed by atoms with van der Waals surface area (Å²) in [4.78, 5) is 23.1. The van der Waals surface area contributed by atoms with Gasteiger partial charge < -0.3 is 15.0 Å². The third-order valence-corrected chi connectivity index (χ3v) is 5.28. The van der Waals surface area contributed by atoms with Gasteiger partial charge in [-0.25, -0.2) is 9.97 Å². The second kappa shape index (κ2) is 8.47. The van der Waals surface area contributed by atoms with Crippen LogP contribution in [0.15, 0.2) is 30.7 Å². The number of aromatic nitrogens is 4. The van der Waals surface area contributed by atoms with Gasteiger partial charge in [0.25, 0.3) is 0 Å². The monoisotopic (exact) mass is 370 g/mol. The summed E-state index contributed by atoms with van der Waals surface area (Å²) in [6.45, 7) is 2.84. The van der Waals surface area contributed by atoms with E-state index in [0.29, 0.717) is 25.6 Å². The van der Waals surface area contributed by atoms with E-state index in [2.05, 4.69) is 20.4 Å². The van der Waals surface area contributed by atoms with Crippen LogP contribution in [-0.2, 0) is 22.6 Å². The lowest BCUT2D eigenvalue weighted by atomic mass is 10.1. The summed E-state index contributed by atoms with van der Waals surface area (Å²) >= 11 is 0.